The highest BCUT2D eigenvalue weighted by Crippen LogP contribution is 2.59. The van der Waals surface area contributed by atoms with Crippen molar-refractivity contribution in [3.8, 4) is 0 Å². The van der Waals surface area contributed by atoms with Crippen LogP contribution < -0.4 is 0 Å². The molecule has 0 radical (unpaired) electrons. The van der Waals surface area contributed by atoms with Crippen molar-refractivity contribution in [1.29, 1.82) is 0 Å². The van der Waals surface area contributed by atoms with E-state index in [-0.39, 0.29) is 76.8 Å². The summed E-state index contributed by atoms with van der Waals surface area (Å²) in [4.78, 5) is 35.5. The van der Waals surface area contributed by atoms with E-state index in [1.807, 2.05) is 48.5 Å². The molecule has 6 heteroatoms. The van der Waals surface area contributed by atoms with Crippen LogP contribution in [0.25, 0.3) is 0 Å². The SMILES string of the molecule is C.C.C.C.CCC(C)(C)C(=O)OC1(C)C2CC3CC(C2)CC1C3.CCC(C)(C)C(=O)OCC1OC(=O)CC1(C)C. The number of esters is 3. The van der Waals surface area contributed by atoms with Gasteiger partial charge in [0.25, 0.3) is 0 Å². The van der Waals surface area contributed by atoms with E-state index < -0.39 is 5.41 Å². The number of carbonyl (C=O) groups is 3. The van der Waals surface area contributed by atoms with E-state index in [4.69, 9.17) is 14.2 Å². The minimum Gasteiger partial charge on any atom is -0.461 e. The van der Waals surface area contributed by atoms with Gasteiger partial charge in [-0.3, -0.25) is 14.4 Å². The number of hydrogen-bond donors (Lipinski definition) is 0. The molecule has 5 fully saturated rings. The fourth-order valence-electron chi connectivity index (χ4n) is 6.37. The molecule has 4 aliphatic carbocycles. The molecular formula is C34H66O6. The Labute approximate surface area is 248 Å². The molecule has 0 spiro atoms. The fraction of sp³-hybridized carbons (Fsp3) is 0.912. The Bertz CT molecular complexity index is 811. The van der Waals surface area contributed by atoms with Crippen LogP contribution in [0.15, 0.2) is 0 Å². The molecule has 1 saturated heterocycles. The lowest BCUT2D eigenvalue weighted by Crippen LogP contribution is -2.58. The summed E-state index contributed by atoms with van der Waals surface area (Å²) >= 11 is 0. The minimum atomic E-state index is -0.479. The van der Waals surface area contributed by atoms with Gasteiger partial charge >= 0.3 is 17.9 Å². The Hall–Kier alpha value is -1.59. The summed E-state index contributed by atoms with van der Waals surface area (Å²) in [6.45, 7) is 18.0. The van der Waals surface area contributed by atoms with Crippen LogP contribution in [0.4, 0.5) is 0 Å². The van der Waals surface area contributed by atoms with Crippen molar-refractivity contribution < 1.29 is 28.6 Å². The van der Waals surface area contributed by atoms with E-state index in [1.54, 1.807) is 0 Å². The second kappa shape index (κ2) is 14.5. The van der Waals surface area contributed by atoms with E-state index in [9.17, 15) is 14.4 Å². The fourth-order valence-corrected chi connectivity index (χ4v) is 6.37. The number of hydrogen-bond acceptors (Lipinski definition) is 6. The number of cyclic esters (lactones) is 1. The molecule has 0 aromatic heterocycles. The predicted octanol–water partition coefficient (Wildman–Crippen LogP) is 9.03. The third-order valence-electron chi connectivity index (χ3n) is 10.1. The zero-order valence-electron chi connectivity index (χ0n) is 24.2. The quantitative estimate of drug-likeness (QED) is 0.224. The van der Waals surface area contributed by atoms with Gasteiger partial charge in [-0.05, 0) is 103 Å². The van der Waals surface area contributed by atoms with E-state index in [1.165, 1.54) is 32.1 Å². The predicted molar refractivity (Wildman–Crippen MR) is 166 cm³/mol. The van der Waals surface area contributed by atoms with Crippen molar-refractivity contribution in [2.75, 3.05) is 6.61 Å². The first-order valence-corrected chi connectivity index (χ1v) is 14.1. The molecule has 0 aromatic carbocycles. The molecule has 0 N–H and O–H groups in total. The first kappa shape index (κ1) is 40.5. The maximum Gasteiger partial charge on any atom is 0.312 e. The van der Waals surface area contributed by atoms with Crippen LogP contribution in [0.3, 0.4) is 0 Å². The topological polar surface area (TPSA) is 78.9 Å². The first-order chi connectivity index (χ1) is 16.5. The summed E-state index contributed by atoms with van der Waals surface area (Å²) < 4.78 is 16.5. The minimum absolute atomic E-state index is 0. The molecule has 0 aromatic rings. The summed E-state index contributed by atoms with van der Waals surface area (Å²) in [6.07, 6.45) is 8.25. The monoisotopic (exact) mass is 570 g/mol. The molecule has 0 amide bonds. The van der Waals surface area contributed by atoms with Crippen LogP contribution in [0.5, 0.6) is 0 Å². The van der Waals surface area contributed by atoms with Gasteiger partial charge in [-0.2, -0.15) is 0 Å². The van der Waals surface area contributed by atoms with Gasteiger partial charge in [0.1, 0.15) is 18.3 Å². The van der Waals surface area contributed by atoms with Crippen molar-refractivity contribution in [2.24, 2.45) is 39.9 Å². The number of rotatable bonds is 7. The molecule has 5 aliphatic rings. The Morgan fingerprint density at radius 2 is 1.23 bits per heavy atom. The third-order valence-corrected chi connectivity index (χ3v) is 10.1. The Morgan fingerprint density at radius 3 is 1.60 bits per heavy atom. The molecule has 4 saturated carbocycles. The standard InChI is InChI=1S/C17H28O2.C13H22O4.4CH4/c1-5-16(2,3)15(18)19-17(4)13-7-11-6-12(9-13)10-14(17)8-11;1-6-12(2,3)11(15)16-8-9-13(4,5)7-10(14)17-9;;;;/h11-14H,5-10H2,1-4H3;9H,6-8H2,1-5H3;4*1H4. The maximum atomic E-state index is 12.5. The van der Waals surface area contributed by atoms with Crippen molar-refractivity contribution >= 4 is 17.9 Å². The Kier molecular flexibility index (Phi) is 14.7. The van der Waals surface area contributed by atoms with Gasteiger partial charge in [0, 0.05) is 5.41 Å². The van der Waals surface area contributed by atoms with Crippen LogP contribution in [-0.2, 0) is 28.6 Å². The zero-order valence-corrected chi connectivity index (χ0v) is 24.2. The Morgan fingerprint density at radius 1 is 0.800 bits per heavy atom. The molecule has 5 rings (SSSR count). The normalized spacial score (nSPS) is 31.0. The van der Waals surface area contributed by atoms with Crippen LogP contribution >= 0.6 is 0 Å². The average molecular weight is 571 g/mol. The molecule has 1 atom stereocenters. The molecule has 40 heavy (non-hydrogen) atoms. The van der Waals surface area contributed by atoms with Gasteiger partial charge in [-0.25, -0.2) is 0 Å². The zero-order chi connectivity index (χ0) is 27.1. The largest absolute Gasteiger partial charge is 0.461 e. The average Bonchev–Trinajstić information content (AvgIpc) is 3.06. The lowest BCUT2D eigenvalue weighted by atomic mass is 9.50. The van der Waals surface area contributed by atoms with Crippen molar-refractivity contribution in [1.82, 2.24) is 0 Å². The van der Waals surface area contributed by atoms with Crippen molar-refractivity contribution in [2.45, 2.75) is 155 Å². The van der Waals surface area contributed by atoms with E-state index >= 15 is 0 Å². The summed E-state index contributed by atoms with van der Waals surface area (Å²) in [6, 6.07) is 0. The third kappa shape index (κ3) is 8.47. The van der Waals surface area contributed by atoms with E-state index in [2.05, 4.69) is 13.8 Å². The van der Waals surface area contributed by atoms with E-state index in [0.29, 0.717) is 18.3 Å². The molecule has 6 nitrogen and oxygen atoms in total. The van der Waals surface area contributed by atoms with Gasteiger partial charge in [-0.15, -0.1) is 0 Å². The molecule has 4 bridgehead atoms. The van der Waals surface area contributed by atoms with Gasteiger partial charge < -0.3 is 14.2 Å². The van der Waals surface area contributed by atoms with Crippen LogP contribution in [0, 0.1) is 39.9 Å². The summed E-state index contributed by atoms with van der Waals surface area (Å²) in [5, 5.41) is 0. The summed E-state index contributed by atoms with van der Waals surface area (Å²) in [5.41, 5.74) is -1.24. The molecule has 1 unspecified atom stereocenters. The second-order valence-electron chi connectivity index (χ2n) is 14.1. The number of carbonyl (C=O) groups excluding carboxylic acids is 3. The molecule has 1 heterocycles. The van der Waals surface area contributed by atoms with Crippen LogP contribution in [-0.4, -0.2) is 36.2 Å². The van der Waals surface area contributed by atoms with Gasteiger partial charge in [0.05, 0.1) is 17.3 Å². The van der Waals surface area contributed by atoms with Gasteiger partial charge in [0.2, 0.25) is 0 Å². The molecule has 238 valence electrons. The summed E-state index contributed by atoms with van der Waals surface area (Å²) in [5.74, 6) is 2.66. The highest BCUT2D eigenvalue weighted by Gasteiger charge is 2.57. The van der Waals surface area contributed by atoms with Crippen LogP contribution in [0.2, 0.25) is 0 Å². The highest BCUT2D eigenvalue weighted by atomic mass is 16.6. The smallest absolute Gasteiger partial charge is 0.312 e. The van der Waals surface area contributed by atoms with Crippen molar-refractivity contribution in [3.63, 3.8) is 0 Å². The highest BCUT2D eigenvalue weighted by molar-refractivity contribution is 5.77. The van der Waals surface area contributed by atoms with Gasteiger partial charge in [-0.1, -0.05) is 57.4 Å². The summed E-state index contributed by atoms with van der Waals surface area (Å²) in [7, 11) is 0. The second-order valence-corrected chi connectivity index (χ2v) is 14.1. The van der Waals surface area contributed by atoms with E-state index in [0.717, 1.165) is 24.7 Å². The maximum absolute atomic E-state index is 12.5. The van der Waals surface area contributed by atoms with Crippen molar-refractivity contribution in [3.05, 3.63) is 0 Å². The molecule has 1 aliphatic heterocycles. The first-order valence-electron chi connectivity index (χ1n) is 14.1. The lowest BCUT2D eigenvalue weighted by molar-refractivity contribution is -0.211. The Balaban J connectivity index is 0. The number of ether oxygens (including phenoxy) is 3. The lowest BCUT2D eigenvalue weighted by Gasteiger charge is -2.59. The van der Waals surface area contributed by atoms with Crippen LogP contribution in [0.1, 0.15) is 143 Å². The van der Waals surface area contributed by atoms with Gasteiger partial charge in [0.15, 0.2) is 0 Å². The molecular weight excluding hydrogens is 504 g/mol.